The second-order valence-corrected chi connectivity index (χ2v) is 3.83. The van der Waals surface area contributed by atoms with E-state index in [2.05, 4.69) is 5.32 Å². The minimum Gasteiger partial charge on any atom is -0.345 e. The van der Waals surface area contributed by atoms with E-state index in [1.807, 2.05) is 6.92 Å². The first kappa shape index (κ1) is 10.4. The molecule has 0 aliphatic heterocycles. The molecule has 4 heteroatoms. The zero-order chi connectivity index (χ0) is 10.1. The Morgan fingerprint density at radius 1 is 1.54 bits per heavy atom. The van der Waals surface area contributed by atoms with Gasteiger partial charge in [0.25, 0.3) is 5.91 Å². The molecule has 0 radical (unpaired) electrons. The van der Waals surface area contributed by atoms with Crippen molar-refractivity contribution >= 4 is 5.91 Å². The van der Waals surface area contributed by atoms with Crippen LogP contribution in [0.1, 0.15) is 39.5 Å². The number of nitrogens with one attached hydrogen (secondary N) is 1. The fourth-order valence-electron chi connectivity index (χ4n) is 1.52. The Bertz CT molecular complexity index is 201. The van der Waals surface area contributed by atoms with Crippen LogP contribution in [-0.2, 0) is 4.79 Å². The predicted molar refractivity (Wildman–Crippen MR) is 45.6 cm³/mol. The number of alkyl halides is 2. The molecular weight excluding hydrogens is 176 g/mol. The summed E-state index contributed by atoms with van der Waals surface area (Å²) in [4.78, 5) is 11.0. The van der Waals surface area contributed by atoms with Crippen molar-refractivity contribution in [1.29, 1.82) is 0 Å². The summed E-state index contributed by atoms with van der Waals surface area (Å²) >= 11 is 0. The van der Waals surface area contributed by atoms with Gasteiger partial charge in [0.15, 0.2) is 0 Å². The molecule has 0 bridgehead atoms. The van der Waals surface area contributed by atoms with Crippen LogP contribution < -0.4 is 5.32 Å². The van der Waals surface area contributed by atoms with Crippen molar-refractivity contribution in [3.8, 4) is 0 Å². The van der Waals surface area contributed by atoms with E-state index in [0.717, 1.165) is 25.7 Å². The lowest BCUT2D eigenvalue weighted by Crippen LogP contribution is -2.56. The number of halogens is 2. The molecule has 1 fully saturated rings. The van der Waals surface area contributed by atoms with Gasteiger partial charge in [-0.1, -0.05) is 6.92 Å². The Morgan fingerprint density at radius 3 is 2.31 bits per heavy atom. The van der Waals surface area contributed by atoms with Crippen molar-refractivity contribution in [2.75, 3.05) is 0 Å². The van der Waals surface area contributed by atoms with E-state index in [0.29, 0.717) is 6.92 Å². The first-order valence-electron chi connectivity index (χ1n) is 4.60. The van der Waals surface area contributed by atoms with E-state index >= 15 is 0 Å². The lowest BCUT2D eigenvalue weighted by molar-refractivity contribution is -0.146. The third-order valence-electron chi connectivity index (χ3n) is 2.76. The molecule has 0 aromatic carbocycles. The van der Waals surface area contributed by atoms with Crippen molar-refractivity contribution in [2.24, 2.45) is 0 Å². The van der Waals surface area contributed by atoms with Crippen molar-refractivity contribution in [3.05, 3.63) is 0 Å². The smallest absolute Gasteiger partial charge is 0.321 e. The van der Waals surface area contributed by atoms with Gasteiger partial charge >= 0.3 is 5.92 Å². The van der Waals surface area contributed by atoms with Crippen LogP contribution in [0.25, 0.3) is 0 Å². The van der Waals surface area contributed by atoms with Crippen molar-refractivity contribution in [3.63, 3.8) is 0 Å². The Labute approximate surface area is 76.7 Å². The topological polar surface area (TPSA) is 29.1 Å². The summed E-state index contributed by atoms with van der Waals surface area (Å²) in [6, 6.07) is 0. The molecule has 1 amide bonds. The highest BCUT2D eigenvalue weighted by Crippen LogP contribution is 2.35. The van der Waals surface area contributed by atoms with Gasteiger partial charge in [-0.3, -0.25) is 4.79 Å². The molecule has 1 N–H and O–H groups in total. The summed E-state index contributed by atoms with van der Waals surface area (Å²) in [5.41, 5.74) is -0.337. The zero-order valence-electron chi connectivity index (χ0n) is 7.99. The average Bonchev–Trinajstić information content (AvgIpc) is 1.94. The number of hydrogen-bond donors (Lipinski definition) is 1. The molecule has 0 atom stereocenters. The van der Waals surface area contributed by atoms with E-state index in [1.165, 1.54) is 0 Å². The molecule has 2 nitrogen and oxygen atoms in total. The van der Waals surface area contributed by atoms with E-state index in [1.54, 1.807) is 0 Å². The Hall–Kier alpha value is -0.670. The lowest BCUT2D eigenvalue weighted by atomic mass is 9.75. The van der Waals surface area contributed by atoms with Gasteiger partial charge in [-0.15, -0.1) is 0 Å². The van der Waals surface area contributed by atoms with Crippen LogP contribution in [0, 0.1) is 0 Å². The second-order valence-electron chi connectivity index (χ2n) is 3.83. The molecule has 0 unspecified atom stereocenters. The molecule has 0 spiro atoms. The van der Waals surface area contributed by atoms with E-state index < -0.39 is 11.8 Å². The van der Waals surface area contributed by atoms with E-state index in [-0.39, 0.29) is 5.54 Å². The number of carbonyl (C=O) groups excluding carboxylic acids is 1. The highest BCUT2D eigenvalue weighted by Gasteiger charge is 2.42. The van der Waals surface area contributed by atoms with Crippen LogP contribution in [0.2, 0.25) is 0 Å². The molecule has 1 saturated carbocycles. The maximum absolute atomic E-state index is 12.5. The van der Waals surface area contributed by atoms with Crippen molar-refractivity contribution in [2.45, 2.75) is 51.0 Å². The fourth-order valence-corrected chi connectivity index (χ4v) is 1.52. The van der Waals surface area contributed by atoms with Gasteiger partial charge in [0.1, 0.15) is 0 Å². The summed E-state index contributed by atoms with van der Waals surface area (Å²) in [5, 5.41) is 2.43. The molecule has 0 saturated heterocycles. The van der Waals surface area contributed by atoms with Gasteiger partial charge < -0.3 is 5.32 Å². The van der Waals surface area contributed by atoms with E-state index in [4.69, 9.17) is 0 Å². The predicted octanol–water partition coefficient (Wildman–Crippen LogP) is 2.09. The Balaban J connectivity index is 2.52. The Kier molecular flexibility index (Phi) is 2.59. The molecule has 1 aliphatic carbocycles. The molecule has 0 aromatic rings. The van der Waals surface area contributed by atoms with Crippen LogP contribution in [0.3, 0.4) is 0 Å². The Morgan fingerprint density at radius 2 is 2.08 bits per heavy atom. The highest BCUT2D eigenvalue weighted by molar-refractivity contribution is 5.83. The molecular formula is C9H15F2NO. The van der Waals surface area contributed by atoms with Crippen molar-refractivity contribution in [1.82, 2.24) is 5.32 Å². The normalized spacial score (nSPS) is 20.6. The molecule has 0 heterocycles. The number of hydrogen-bond acceptors (Lipinski definition) is 1. The summed E-state index contributed by atoms with van der Waals surface area (Å²) in [7, 11) is 0. The van der Waals surface area contributed by atoms with Gasteiger partial charge in [0, 0.05) is 12.5 Å². The van der Waals surface area contributed by atoms with Gasteiger partial charge in [-0.05, 0) is 25.7 Å². The minimum atomic E-state index is -3.25. The van der Waals surface area contributed by atoms with E-state index in [9.17, 15) is 13.6 Å². The number of amides is 1. The summed E-state index contributed by atoms with van der Waals surface area (Å²) in [5.74, 6) is -4.40. The average molecular weight is 191 g/mol. The lowest BCUT2D eigenvalue weighted by Gasteiger charge is -2.42. The maximum Gasteiger partial charge on any atom is 0.321 e. The van der Waals surface area contributed by atoms with Crippen molar-refractivity contribution < 1.29 is 13.6 Å². The van der Waals surface area contributed by atoms with Crippen LogP contribution in [-0.4, -0.2) is 17.4 Å². The fraction of sp³-hybridized carbons (Fsp3) is 0.889. The van der Waals surface area contributed by atoms with Gasteiger partial charge in [0.2, 0.25) is 0 Å². The van der Waals surface area contributed by atoms with Gasteiger partial charge in [-0.2, -0.15) is 8.78 Å². The number of carbonyl (C=O) groups is 1. The van der Waals surface area contributed by atoms with Crippen LogP contribution in [0.5, 0.6) is 0 Å². The maximum atomic E-state index is 12.5. The quantitative estimate of drug-likeness (QED) is 0.727. The highest BCUT2D eigenvalue weighted by atomic mass is 19.3. The molecule has 1 rings (SSSR count). The van der Waals surface area contributed by atoms with Crippen LogP contribution in [0.15, 0.2) is 0 Å². The third-order valence-corrected chi connectivity index (χ3v) is 2.76. The van der Waals surface area contributed by atoms with Crippen LogP contribution >= 0.6 is 0 Å². The molecule has 0 aromatic heterocycles. The van der Waals surface area contributed by atoms with Crippen LogP contribution in [0.4, 0.5) is 8.78 Å². The molecule has 76 valence electrons. The monoisotopic (exact) mass is 191 g/mol. The molecule has 1 aliphatic rings. The minimum absolute atomic E-state index is 0.337. The first-order chi connectivity index (χ1) is 5.90. The summed E-state index contributed by atoms with van der Waals surface area (Å²) in [6.45, 7) is 2.54. The molecule has 13 heavy (non-hydrogen) atoms. The zero-order valence-corrected chi connectivity index (χ0v) is 7.99. The van der Waals surface area contributed by atoms with Gasteiger partial charge in [0.05, 0.1) is 0 Å². The standard InChI is InChI=1S/C9H15F2NO/c1-3-9(5-4-6-9)12-7(13)8(2,10)11/h3-6H2,1-2H3,(H,12,13). The largest absolute Gasteiger partial charge is 0.345 e. The SMILES string of the molecule is CCC1(NC(=O)C(C)(F)F)CCC1. The third kappa shape index (κ3) is 2.17. The second kappa shape index (κ2) is 3.24. The number of rotatable bonds is 3. The first-order valence-corrected chi connectivity index (χ1v) is 4.60. The van der Waals surface area contributed by atoms with Gasteiger partial charge in [-0.25, -0.2) is 0 Å². The summed E-state index contributed by atoms with van der Waals surface area (Å²) < 4.78 is 25.1. The summed E-state index contributed by atoms with van der Waals surface area (Å²) in [6.07, 6.45) is 3.40.